The monoisotopic (exact) mass is 299 g/mol. The molecule has 0 saturated heterocycles. The van der Waals surface area contributed by atoms with E-state index in [1.165, 1.54) is 19.3 Å². The molecular formula is C15H19Cl2NO. The van der Waals surface area contributed by atoms with Gasteiger partial charge in [0.1, 0.15) is 0 Å². The number of nitrogens with one attached hydrogen (secondary N) is 1. The summed E-state index contributed by atoms with van der Waals surface area (Å²) in [5.74, 6) is 0.704. The minimum absolute atomic E-state index is 0.118. The van der Waals surface area contributed by atoms with Gasteiger partial charge in [-0.3, -0.25) is 4.79 Å². The Morgan fingerprint density at radius 2 is 1.95 bits per heavy atom. The molecular weight excluding hydrogens is 281 g/mol. The largest absolute Gasteiger partial charge is 0.349 e. The minimum atomic E-state index is -0.118. The van der Waals surface area contributed by atoms with E-state index in [9.17, 15) is 4.79 Å². The predicted molar refractivity (Wildman–Crippen MR) is 80.0 cm³/mol. The van der Waals surface area contributed by atoms with Crippen molar-refractivity contribution in [3.05, 3.63) is 33.8 Å². The fourth-order valence-corrected chi connectivity index (χ4v) is 3.03. The molecule has 1 aliphatic rings. The summed E-state index contributed by atoms with van der Waals surface area (Å²) in [5, 5.41) is 4.05. The second-order valence-electron chi connectivity index (χ2n) is 5.22. The van der Waals surface area contributed by atoms with Crippen LogP contribution in [0.1, 0.15) is 49.4 Å². The summed E-state index contributed by atoms with van der Waals surface area (Å²) >= 11 is 11.9. The number of benzene rings is 1. The molecule has 0 unspecified atom stereocenters. The third-order valence-electron chi connectivity index (χ3n) is 3.93. The first kappa shape index (κ1) is 14.7. The number of carbonyl (C=O) groups excluding carboxylic acids is 1. The molecule has 1 N–H and O–H groups in total. The van der Waals surface area contributed by atoms with E-state index in [-0.39, 0.29) is 11.9 Å². The lowest BCUT2D eigenvalue weighted by molar-refractivity contribution is 0.0922. The van der Waals surface area contributed by atoms with Crippen LogP contribution in [-0.4, -0.2) is 11.9 Å². The Morgan fingerprint density at radius 3 is 2.58 bits per heavy atom. The normalized spacial score (nSPS) is 23.1. The maximum absolute atomic E-state index is 12.2. The number of halogens is 2. The fraction of sp³-hybridized carbons (Fsp3) is 0.533. The molecule has 4 heteroatoms. The molecule has 0 atom stereocenters. The van der Waals surface area contributed by atoms with Crippen LogP contribution >= 0.6 is 23.2 Å². The number of hydrogen-bond donors (Lipinski definition) is 1. The molecule has 0 bridgehead atoms. The summed E-state index contributed by atoms with van der Waals surface area (Å²) < 4.78 is 0. The molecule has 1 aliphatic carbocycles. The average Bonchev–Trinajstić information content (AvgIpc) is 2.42. The zero-order chi connectivity index (χ0) is 13.8. The van der Waals surface area contributed by atoms with E-state index in [2.05, 4.69) is 12.2 Å². The Labute approximate surface area is 124 Å². The van der Waals surface area contributed by atoms with Gasteiger partial charge in [-0.2, -0.15) is 0 Å². The second-order valence-corrected chi connectivity index (χ2v) is 6.07. The van der Waals surface area contributed by atoms with Crippen LogP contribution in [0.15, 0.2) is 18.2 Å². The van der Waals surface area contributed by atoms with E-state index in [1.54, 1.807) is 18.2 Å². The first-order chi connectivity index (χ1) is 9.10. The highest BCUT2D eigenvalue weighted by molar-refractivity contribution is 6.35. The molecule has 0 spiro atoms. The molecule has 1 aromatic carbocycles. The molecule has 0 heterocycles. The maximum Gasteiger partial charge on any atom is 0.253 e. The van der Waals surface area contributed by atoms with Crippen LogP contribution in [-0.2, 0) is 0 Å². The number of rotatable bonds is 3. The first-order valence-electron chi connectivity index (χ1n) is 6.86. The van der Waals surface area contributed by atoms with Gasteiger partial charge in [0, 0.05) is 11.1 Å². The van der Waals surface area contributed by atoms with Crippen molar-refractivity contribution < 1.29 is 4.79 Å². The highest BCUT2D eigenvalue weighted by atomic mass is 35.5. The number of amides is 1. The van der Waals surface area contributed by atoms with E-state index >= 15 is 0 Å². The molecule has 0 radical (unpaired) electrons. The zero-order valence-electron chi connectivity index (χ0n) is 11.1. The Kier molecular flexibility index (Phi) is 5.12. The van der Waals surface area contributed by atoms with E-state index < -0.39 is 0 Å². The van der Waals surface area contributed by atoms with Crippen molar-refractivity contribution >= 4 is 29.1 Å². The topological polar surface area (TPSA) is 29.1 Å². The third-order valence-corrected chi connectivity index (χ3v) is 4.50. The second kappa shape index (κ2) is 6.62. The third kappa shape index (κ3) is 3.87. The molecule has 2 rings (SSSR count). The molecule has 1 aromatic rings. The molecule has 1 saturated carbocycles. The highest BCUT2D eigenvalue weighted by Gasteiger charge is 2.22. The molecule has 0 aromatic heterocycles. The lowest BCUT2D eigenvalue weighted by atomic mass is 9.84. The van der Waals surface area contributed by atoms with Crippen molar-refractivity contribution in [2.45, 2.75) is 45.1 Å². The predicted octanol–water partition coefficient (Wildman–Crippen LogP) is 4.69. The van der Waals surface area contributed by atoms with Gasteiger partial charge < -0.3 is 5.32 Å². The number of carbonyl (C=O) groups is 1. The maximum atomic E-state index is 12.2. The van der Waals surface area contributed by atoms with Crippen molar-refractivity contribution in [1.82, 2.24) is 5.32 Å². The van der Waals surface area contributed by atoms with Crippen LogP contribution in [0.25, 0.3) is 0 Å². The van der Waals surface area contributed by atoms with Crippen LogP contribution in [0, 0.1) is 5.92 Å². The summed E-state index contributed by atoms with van der Waals surface area (Å²) in [6, 6.07) is 5.24. The average molecular weight is 300 g/mol. The summed E-state index contributed by atoms with van der Waals surface area (Å²) in [5.41, 5.74) is 0.465. The van der Waals surface area contributed by atoms with Crippen LogP contribution in [0.4, 0.5) is 0 Å². The van der Waals surface area contributed by atoms with Gasteiger partial charge in [0.05, 0.1) is 10.6 Å². The molecule has 1 amide bonds. The Bertz CT molecular complexity index is 453. The van der Waals surface area contributed by atoms with Gasteiger partial charge >= 0.3 is 0 Å². The minimum Gasteiger partial charge on any atom is -0.349 e. The van der Waals surface area contributed by atoms with E-state index in [0.29, 0.717) is 15.6 Å². The van der Waals surface area contributed by atoms with Crippen molar-refractivity contribution in [2.75, 3.05) is 0 Å². The molecule has 1 fully saturated rings. The van der Waals surface area contributed by atoms with E-state index in [0.717, 1.165) is 18.8 Å². The SMILES string of the molecule is CCC1CCC(NC(=O)c2cc(Cl)ccc2Cl)CC1. The van der Waals surface area contributed by atoms with Crippen molar-refractivity contribution in [3.63, 3.8) is 0 Å². The zero-order valence-corrected chi connectivity index (χ0v) is 12.6. The number of hydrogen-bond acceptors (Lipinski definition) is 1. The van der Waals surface area contributed by atoms with Gasteiger partial charge in [-0.1, -0.05) is 36.5 Å². The summed E-state index contributed by atoms with van der Waals surface area (Å²) in [6.07, 6.45) is 5.75. The van der Waals surface area contributed by atoms with Crippen molar-refractivity contribution in [1.29, 1.82) is 0 Å². The summed E-state index contributed by atoms with van der Waals surface area (Å²) in [4.78, 5) is 12.2. The van der Waals surface area contributed by atoms with Gasteiger partial charge in [0.2, 0.25) is 0 Å². The van der Waals surface area contributed by atoms with Gasteiger partial charge in [-0.25, -0.2) is 0 Å². The summed E-state index contributed by atoms with van der Waals surface area (Å²) in [6.45, 7) is 2.23. The standard InChI is InChI=1S/C15H19Cl2NO/c1-2-10-3-6-12(7-4-10)18-15(19)13-9-11(16)5-8-14(13)17/h5,8-10,12H,2-4,6-7H2,1H3,(H,18,19). The van der Waals surface area contributed by atoms with E-state index in [1.807, 2.05) is 0 Å². The quantitative estimate of drug-likeness (QED) is 0.862. The van der Waals surface area contributed by atoms with Gasteiger partial charge in [0.15, 0.2) is 0 Å². The van der Waals surface area contributed by atoms with Crippen LogP contribution < -0.4 is 5.32 Å². The van der Waals surface area contributed by atoms with Crippen LogP contribution in [0.3, 0.4) is 0 Å². The summed E-state index contributed by atoms with van der Waals surface area (Å²) in [7, 11) is 0. The molecule has 19 heavy (non-hydrogen) atoms. The highest BCUT2D eigenvalue weighted by Crippen LogP contribution is 2.27. The van der Waals surface area contributed by atoms with Crippen molar-refractivity contribution in [3.8, 4) is 0 Å². The lowest BCUT2D eigenvalue weighted by Gasteiger charge is -2.28. The van der Waals surface area contributed by atoms with Gasteiger partial charge in [-0.05, 0) is 49.8 Å². The molecule has 104 valence electrons. The molecule has 0 aliphatic heterocycles. The van der Waals surface area contributed by atoms with Crippen LogP contribution in [0.2, 0.25) is 10.0 Å². The lowest BCUT2D eigenvalue weighted by Crippen LogP contribution is -2.37. The smallest absolute Gasteiger partial charge is 0.253 e. The molecule has 2 nitrogen and oxygen atoms in total. The van der Waals surface area contributed by atoms with Gasteiger partial charge in [0.25, 0.3) is 5.91 Å². The first-order valence-corrected chi connectivity index (χ1v) is 7.61. The van der Waals surface area contributed by atoms with Crippen LogP contribution in [0.5, 0.6) is 0 Å². The van der Waals surface area contributed by atoms with Crippen molar-refractivity contribution in [2.24, 2.45) is 5.92 Å². The Hall–Kier alpha value is -0.730. The Morgan fingerprint density at radius 1 is 1.26 bits per heavy atom. The Balaban J connectivity index is 1.96. The fourth-order valence-electron chi connectivity index (χ4n) is 2.65. The van der Waals surface area contributed by atoms with Gasteiger partial charge in [-0.15, -0.1) is 0 Å². The van der Waals surface area contributed by atoms with E-state index in [4.69, 9.17) is 23.2 Å².